The first kappa shape index (κ1) is 39.0. The zero-order valence-electron chi connectivity index (χ0n) is 36.1. The maximum atomic E-state index is 5.93. The van der Waals surface area contributed by atoms with Gasteiger partial charge in [-0.2, -0.15) is 0 Å². The molecule has 3 aliphatic rings. The fourth-order valence-electron chi connectivity index (χ4n) is 9.96. The second kappa shape index (κ2) is 16.1. The minimum Gasteiger partial charge on any atom is -0.497 e. The minimum atomic E-state index is 0.0724. The Kier molecular flexibility index (Phi) is 9.84. The van der Waals surface area contributed by atoms with Crippen molar-refractivity contribution in [2.24, 2.45) is 0 Å². The molecule has 1 aliphatic carbocycles. The van der Waals surface area contributed by atoms with Gasteiger partial charge in [0.15, 0.2) is 0 Å². The maximum Gasteiger partial charge on any atom is 0.119 e. The molecule has 0 radical (unpaired) electrons. The molecule has 5 aromatic carbocycles. The first-order valence-corrected chi connectivity index (χ1v) is 21.6. The SMILES string of the molecule is COc1cccc(-c2c3nc(c(-c4cccc(OC)c4)c4ccc([nH]4)c(-c4cccc(OC)c4)c4nc(c(-c5cccc(OC)c5)c5ccc2[nH]5)[C@H]2Cc5ccccc5C[C@@H]42)C=C3)c1. The number of nitrogens with zero attached hydrogens (tertiary/aromatic N) is 2. The largest absolute Gasteiger partial charge is 0.497 e. The number of ether oxygens (including phenoxy) is 4. The van der Waals surface area contributed by atoms with E-state index >= 15 is 0 Å². The predicted molar refractivity (Wildman–Crippen MR) is 257 cm³/mol. The van der Waals surface area contributed by atoms with Crippen LogP contribution in [0.5, 0.6) is 23.0 Å². The van der Waals surface area contributed by atoms with Crippen molar-refractivity contribution < 1.29 is 18.9 Å². The van der Waals surface area contributed by atoms with Crippen LogP contribution in [0.25, 0.3) is 78.7 Å². The summed E-state index contributed by atoms with van der Waals surface area (Å²) in [5, 5.41) is 0. The summed E-state index contributed by atoms with van der Waals surface area (Å²) in [6.07, 6.45) is 5.92. The summed E-state index contributed by atoms with van der Waals surface area (Å²) in [7, 11) is 6.84. The Labute approximate surface area is 371 Å². The molecule has 0 saturated heterocycles. The van der Waals surface area contributed by atoms with Crippen molar-refractivity contribution in [2.45, 2.75) is 24.7 Å². The Bertz CT molecular complexity index is 3110. The zero-order valence-corrected chi connectivity index (χ0v) is 36.1. The highest BCUT2D eigenvalue weighted by Gasteiger charge is 2.40. The van der Waals surface area contributed by atoms with E-state index in [0.29, 0.717) is 0 Å². The van der Waals surface area contributed by atoms with Gasteiger partial charge in [0.2, 0.25) is 0 Å². The quantitative estimate of drug-likeness (QED) is 0.158. The van der Waals surface area contributed by atoms with E-state index in [4.69, 9.17) is 28.9 Å². The molecule has 0 amide bonds. The van der Waals surface area contributed by atoms with Crippen LogP contribution < -0.4 is 18.9 Å². The number of nitrogens with one attached hydrogen (secondary N) is 2. The lowest BCUT2D eigenvalue weighted by molar-refractivity contribution is 0.415. The summed E-state index contributed by atoms with van der Waals surface area (Å²) >= 11 is 0. The van der Waals surface area contributed by atoms with Crippen LogP contribution in [0.15, 0.2) is 146 Å². The Balaban J connectivity index is 1.35. The Morgan fingerprint density at radius 3 is 1.09 bits per heavy atom. The van der Waals surface area contributed by atoms with Crippen LogP contribution in [-0.4, -0.2) is 48.4 Å². The van der Waals surface area contributed by atoms with Crippen LogP contribution in [0.4, 0.5) is 0 Å². The van der Waals surface area contributed by atoms with Gasteiger partial charge in [0.1, 0.15) is 23.0 Å². The van der Waals surface area contributed by atoms with E-state index < -0.39 is 0 Å². The number of H-pyrrole nitrogens is 2. The van der Waals surface area contributed by atoms with E-state index in [0.717, 1.165) is 125 Å². The lowest BCUT2D eigenvalue weighted by atomic mass is 9.72. The Morgan fingerprint density at radius 2 is 0.734 bits per heavy atom. The number of aromatic nitrogens is 4. The highest BCUT2D eigenvalue weighted by atomic mass is 16.5. The molecule has 2 atom stereocenters. The molecule has 64 heavy (non-hydrogen) atoms. The van der Waals surface area contributed by atoms with Crippen molar-refractivity contribution >= 4 is 34.2 Å². The van der Waals surface area contributed by atoms with Crippen molar-refractivity contribution in [2.75, 3.05) is 28.4 Å². The molecule has 2 aliphatic heterocycles. The van der Waals surface area contributed by atoms with Gasteiger partial charge in [-0.1, -0.05) is 72.8 Å². The lowest BCUT2D eigenvalue weighted by Gasteiger charge is -2.29. The molecule has 11 rings (SSSR count). The summed E-state index contributed by atoms with van der Waals surface area (Å²) in [6.45, 7) is 0. The van der Waals surface area contributed by atoms with Crippen molar-refractivity contribution in [3.05, 3.63) is 179 Å². The molecule has 0 saturated carbocycles. The number of benzene rings is 5. The molecular weight excluding hydrogens is 793 g/mol. The van der Waals surface area contributed by atoms with E-state index in [1.807, 2.05) is 36.4 Å². The Morgan fingerprint density at radius 1 is 0.391 bits per heavy atom. The molecule has 8 heteroatoms. The van der Waals surface area contributed by atoms with Crippen molar-refractivity contribution in [3.8, 4) is 67.5 Å². The molecule has 8 nitrogen and oxygen atoms in total. The van der Waals surface area contributed by atoms with Gasteiger partial charge >= 0.3 is 0 Å². The zero-order chi connectivity index (χ0) is 43.3. The normalized spacial score (nSPS) is 15.0. The van der Waals surface area contributed by atoms with Crippen LogP contribution in [0.2, 0.25) is 0 Å². The van der Waals surface area contributed by atoms with Gasteiger partial charge in [-0.15, -0.1) is 0 Å². The molecule has 0 fully saturated rings. The van der Waals surface area contributed by atoms with Crippen LogP contribution in [0.1, 0.15) is 45.7 Å². The van der Waals surface area contributed by atoms with Gasteiger partial charge in [-0.3, -0.25) is 4.98 Å². The third kappa shape index (κ3) is 6.79. The summed E-state index contributed by atoms with van der Waals surface area (Å²) in [4.78, 5) is 19.3. The summed E-state index contributed by atoms with van der Waals surface area (Å²) in [5.74, 6) is 3.22. The van der Waals surface area contributed by atoms with E-state index in [1.54, 1.807) is 28.4 Å². The second-order valence-electron chi connectivity index (χ2n) is 16.5. The fourth-order valence-corrected chi connectivity index (χ4v) is 9.96. The van der Waals surface area contributed by atoms with Crippen molar-refractivity contribution in [1.82, 2.24) is 19.9 Å². The van der Waals surface area contributed by atoms with Gasteiger partial charge in [-0.05, 0) is 131 Å². The number of rotatable bonds is 8. The lowest BCUT2D eigenvalue weighted by Crippen LogP contribution is -2.19. The molecule has 0 unspecified atom stereocenters. The number of hydrogen-bond donors (Lipinski definition) is 2. The summed E-state index contributed by atoms with van der Waals surface area (Å²) in [5.41, 5.74) is 18.1. The molecule has 2 N–H and O–H groups in total. The van der Waals surface area contributed by atoms with E-state index in [1.165, 1.54) is 11.1 Å². The van der Waals surface area contributed by atoms with Crippen LogP contribution in [0, 0.1) is 0 Å². The number of hydrogen-bond acceptors (Lipinski definition) is 6. The number of methoxy groups -OCH3 is 4. The monoisotopic (exact) mass is 838 g/mol. The molecule has 5 heterocycles. The Hall–Kier alpha value is -7.84. The smallest absolute Gasteiger partial charge is 0.119 e. The minimum absolute atomic E-state index is 0.0724. The molecule has 8 aromatic rings. The summed E-state index contributed by atoms with van der Waals surface area (Å²) < 4.78 is 23.3. The van der Waals surface area contributed by atoms with Gasteiger partial charge in [-0.25, -0.2) is 4.98 Å². The van der Waals surface area contributed by atoms with Crippen LogP contribution >= 0.6 is 0 Å². The number of aromatic amines is 2. The van der Waals surface area contributed by atoms with Crippen LogP contribution in [0.3, 0.4) is 0 Å². The van der Waals surface area contributed by atoms with E-state index in [-0.39, 0.29) is 11.8 Å². The topological polar surface area (TPSA) is 94.3 Å². The molecule has 8 bridgehead atoms. The number of fused-ring (bicyclic) bond motifs is 12. The highest BCUT2D eigenvalue weighted by molar-refractivity contribution is 5.98. The third-order valence-corrected chi connectivity index (χ3v) is 13.0. The second-order valence-corrected chi connectivity index (χ2v) is 16.5. The maximum absolute atomic E-state index is 5.93. The van der Waals surface area contributed by atoms with Gasteiger partial charge < -0.3 is 28.9 Å². The predicted octanol–water partition coefficient (Wildman–Crippen LogP) is 12.9. The highest BCUT2D eigenvalue weighted by Crippen LogP contribution is 2.52. The van der Waals surface area contributed by atoms with Crippen LogP contribution in [-0.2, 0) is 12.8 Å². The molecular formula is C56H46N4O4. The average Bonchev–Trinajstić information content (AvgIpc) is 4.19. The van der Waals surface area contributed by atoms with E-state index in [9.17, 15) is 0 Å². The standard InChI is InChI=1S/C56H46N4O4/c1-61-39-17-7-13-35(27-39)51-45-21-22-46(57-45)52(36-14-8-18-40(28-36)62-2)48-24-26-50(59-48)54(38-16-10-20-42(30-38)64-4)56-44-32-34-12-6-5-11-33(34)31-43(44)55(60-56)53(49-25-23-47(51)58-49)37-15-9-19-41(29-37)63-3/h5-30,43-44,58-59H,31-32H2,1-4H3/t43-,44+. The first-order valence-electron chi connectivity index (χ1n) is 21.6. The van der Waals surface area contributed by atoms with Crippen molar-refractivity contribution in [1.29, 1.82) is 0 Å². The van der Waals surface area contributed by atoms with Gasteiger partial charge in [0, 0.05) is 56.2 Å². The summed E-state index contributed by atoms with van der Waals surface area (Å²) in [6, 6.07) is 50.7. The van der Waals surface area contributed by atoms with Gasteiger partial charge in [0.25, 0.3) is 0 Å². The molecule has 3 aromatic heterocycles. The fraction of sp³-hybridized carbons (Fsp3) is 0.143. The van der Waals surface area contributed by atoms with Crippen molar-refractivity contribution in [3.63, 3.8) is 0 Å². The van der Waals surface area contributed by atoms with Gasteiger partial charge in [0.05, 0.1) is 51.2 Å². The first-order chi connectivity index (χ1) is 31.5. The third-order valence-electron chi connectivity index (χ3n) is 13.0. The average molecular weight is 839 g/mol. The van der Waals surface area contributed by atoms with E-state index in [2.05, 4.69) is 131 Å². The molecule has 314 valence electrons. The molecule has 0 spiro atoms.